The van der Waals surface area contributed by atoms with Crippen LogP contribution in [0.3, 0.4) is 0 Å². The van der Waals surface area contributed by atoms with Gasteiger partial charge in [0.05, 0.1) is 24.4 Å². The van der Waals surface area contributed by atoms with Crippen LogP contribution in [0.15, 0.2) is 49.2 Å². The molecule has 3 aromatic rings. The fraction of sp³-hybridized carbons (Fsp3) is 0.238. The zero-order valence-corrected chi connectivity index (χ0v) is 16.8. The smallest absolute Gasteiger partial charge is 0.262 e. The molecule has 0 aromatic carbocycles. The Labute approximate surface area is 173 Å². The average Bonchev–Trinajstić information content (AvgIpc) is 2.75. The minimum absolute atomic E-state index is 0.247. The number of hydrogen-bond donors (Lipinski definition) is 1. The number of carbonyl (C=O) groups is 1. The van der Waals surface area contributed by atoms with Crippen molar-refractivity contribution in [3.05, 3.63) is 54.7 Å². The van der Waals surface area contributed by atoms with E-state index >= 15 is 0 Å². The molecule has 0 saturated carbocycles. The topological polar surface area (TPSA) is 123 Å². The number of rotatable bonds is 7. The highest BCUT2D eigenvalue weighted by molar-refractivity contribution is 5.94. The van der Waals surface area contributed by atoms with Crippen molar-refractivity contribution < 1.29 is 14.3 Å². The number of amides is 1. The third-order valence-electron chi connectivity index (χ3n) is 3.84. The van der Waals surface area contributed by atoms with E-state index in [2.05, 4.69) is 25.3 Å². The quantitative estimate of drug-likeness (QED) is 0.637. The maximum Gasteiger partial charge on any atom is 0.262 e. The molecule has 0 fully saturated rings. The molecule has 0 aliphatic heterocycles. The molecule has 0 aliphatic carbocycles. The lowest BCUT2D eigenvalue weighted by Gasteiger charge is -2.17. The number of nitrogens with zero attached hydrogens (tertiary/aromatic N) is 5. The van der Waals surface area contributed by atoms with Crippen LogP contribution in [0.1, 0.15) is 31.1 Å². The standard InChI is InChI=1S/C21H20N6O3/c1-4-29-17-6-5-7-24-20(17)30-16-8-14(9-23-12-16)18-25-10-15(11-26-18)19(28)27-21(2,3)13-22/h5-12H,4H2,1-3H3,(H,27,28). The highest BCUT2D eigenvalue weighted by atomic mass is 16.5. The lowest BCUT2D eigenvalue weighted by Crippen LogP contribution is -2.42. The molecule has 0 saturated heterocycles. The summed E-state index contributed by atoms with van der Waals surface area (Å²) in [6.45, 7) is 5.58. The zero-order chi connectivity index (χ0) is 21.6. The summed E-state index contributed by atoms with van der Waals surface area (Å²) in [5, 5.41) is 11.6. The van der Waals surface area contributed by atoms with E-state index in [0.717, 1.165) is 0 Å². The second-order valence-corrected chi connectivity index (χ2v) is 6.74. The Hall–Kier alpha value is -4.06. The molecule has 1 N–H and O–H groups in total. The molecule has 152 valence electrons. The van der Waals surface area contributed by atoms with Gasteiger partial charge in [-0.2, -0.15) is 5.26 Å². The van der Waals surface area contributed by atoms with Gasteiger partial charge in [-0.05, 0) is 39.0 Å². The van der Waals surface area contributed by atoms with Crippen molar-refractivity contribution in [2.45, 2.75) is 26.3 Å². The Balaban J connectivity index is 1.78. The second kappa shape index (κ2) is 8.96. The van der Waals surface area contributed by atoms with Crippen LogP contribution >= 0.6 is 0 Å². The molecule has 0 atom stereocenters. The van der Waals surface area contributed by atoms with Crippen LogP contribution < -0.4 is 14.8 Å². The maximum absolute atomic E-state index is 12.2. The largest absolute Gasteiger partial charge is 0.488 e. The first-order valence-corrected chi connectivity index (χ1v) is 9.19. The molecule has 0 aliphatic rings. The molecule has 0 unspecified atom stereocenters. The maximum atomic E-state index is 12.2. The van der Waals surface area contributed by atoms with Gasteiger partial charge in [0.25, 0.3) is 11.8 Å². The number of nitriles is 1. The Morgan fingerprint density at radius 2 is 1.97 bits per heavy atom. The van der Waals surface area contributed by atoms with Gasteiger partial charge in [0, 0.05) is 30.4 Å². The molecule has 3 heterocycles. The van der Waals surface area contributed by atoms with Crippen LogP contribution in [0.25, 0.3) is 11.4 Å². The number of carbonyl (C=O) groups excluding carboxylic acids is 1. The van der Waals surface area contributed by atoms with E-state index in [1.807, 2.05) is 13.0 Å². The molecule has 30 heavy (non-hydrogen) atoms. The minimum atomic E-state index is -0.989. The van der Waals surface area contributed by atoms with Gasteiger partial charge in [-0.1, -0.05) is 0 Å². The predicted molar refractivity (Wildman–Crippen MR) is 108 cm³/mol. The van der Waals surface area contributed by atoms with Gasteiger partial charge in [0.2, 0.25) is 0 Å². The van der Waals surface area contributed by atoms with Crippen LogP contribution in [0, 0.1) is 11.3 Å². The van der Waals surface area contributed by atoms with Crippen molar-refractivity contribution in [1.82, 2.24) is 25.3 Å². The van der Waals surface area contributed by atoms with Gasteiger partial charge < -0.3 is 14.8 Å². The summed E-state index contributed by atoms with van der Waals surface area (Å²) < 4.78 is 11.3. The van der Waals surface area contributed by atoms with Gasteiger partial charge >= 0.3 is 0 Å². The Morgan fingerprint density at radius 3 is 2.67 bits per heavy atom. The van der Waals surface area contributed by atoms with Crippen molar-refractivity contribution in [3.63, 3.8) is 0 Å². The molecule has 9 heteroatoms. The van der Waals surface area contributed by atoms with E-state index in [-0.39, 0.29) is 5.56 Å². The molecule has 3 aromatic heterocycles. The normalized spacial score (nSPS) is 10.7. The highest BCUT2D eigenvalue weighted by Gasteiger charge is 2.20. The van der Waals surface area contributed by atoms with Crippen molar-refractivity contribution >= 4 is 5.91 Å². The van der Waals surface area contributed by atoms with E-state index in [1.54, 1.807) is 50.6 Å². The lowest BCUT2D eigenvalue weighted by atomic mass is 10.1. The van der Waals surface area contributed by atoms with Crippen molar-refractivity contribution in [3.8, 4) is 34.8 Å². The summed E-state index contributed by atoms with van der Waals surface area (Å²) in [4.78, 5) is 29.0. The Kier molecular flexibility index (Phi) is 6.17. The third-order valence-corrected chi connectivity index (χ3v) is 3.84. The van der Waals surface area contributed by atoms with Gasteiger partial charge in [0.15, 0.2) is 11.6 Å². The van der Waals surface area contributed by atoms with E-state index < -0.39 is 11.4 Å². The highest BCUT2D eigenvalue weighted by Crippen LogP contribution is 2.30. The summed E-state index contributed by atoms with van der Waals surface area (Å²) in [5.41, 5.74) is -0.139. The van der Waals surface area contributed by atoms with Crippen molar-refractivity contribution in [1.29, 1.82) is 5.26 Å². The van der Waals surface area contributed by atoms with Crippen LogP contribution in [0.5, 0.6) is 17.4 Å². The van der Waals surface area contributed by atoms with Gasteiger partial charge in [-0.15, -0.1) is 0 Å². The minimum Gasteiger partial charge on any atom is -0.488 e. The van der Waals surface area contributed by atoms with Gasteiger partial charge in [-0.3, -0.25) is 9.78 Å². The van der Waals surface area contributed by atoms with Crippen LogP contribution in [0.4, 0.5) is 0 Å². The molecule has 9 nitrogen and oxygen atoms in total. The monoisotopic (exact) mass is 404 g/mol. The van der Waals surface area contributed by atoms with Crippen LogP contribution in [0.2, 0.25) is 0 Å². The first kappa shape index (κ1) is 20.7. The van der Waals surface area contributed by atoms with E-state index in [4.69, 9.17) is 14.7 Å². The summed E-state index contributed by atoms with van der Waals surface area (Å²) in [6, 6.07) is 7.25. The molecular weight excluding hydrogens is 384 g/mol. The number of ether oxygens (including phenoxy) is 2. The van der Waals surface area contributed by atoms with Gasteiger partial charge in [0.1, 0.15) is 11.3 Å². The average molecular weight is 404 g/mol. The molecule has 1 amide bonds. The first-order chi connectivity index (χ1) is 14.4. The Bertz CT molecular complexity index is 1080. The summed E-state index contributed by atoms with van der Waals surface area (Å²) in [7, 11) is 0. The van der Waals surface area contributed by atoms with E-state index in [9.17, 15) is 4.79 Å². The molecular formula is C21H20N6O3. The number of aromatic nitrogens is 4. The number of nitrogens with one attached hydrogen (secondary N) is 1. The second-order valence-electron chi connectivity index (χ2n) is 6.74. The van der Waals surface area contributed by atoms with E-state index in [1.165, 1.54) is 12.4 Å². The fourth-order valence-corrected chi connectivity index (χ4v) is 2.40. The number of pyridine rings is 2. The first-order valence-electron chi connectivity index (χ1n) is 9.19. The number of hydrogen-bond acceptors (Lipinski definition) is 8. The molecule has 0 bridgehead atoms. The SMILES string of the molecule is CCOc1cccnc1Oc1cncc(-c2ncc(C(=O)NC(C)(C)C#N)cn2)c1. The van der Waals surface area contributed by atoms with Gasteiger partial charge in [-0.25, -0.2) is 15.0 Å². The lowest BCUT2D eigenvalue weighted by molar-refractivity contribution is 0.0928. The van der Waals surface area contributed by atoms with Crippen LogP contribution in [-0.4, -0.2) is 38.0 Å². The Morgan fingerprint density at radius 1 is 1.20 bits per heavy atom. The summed E-state index contributed by atoms with van der Waals surface area (Å²) >= 11 is 0. The van der Waals surface area contributed by atoms with E-state index in [0.29, 0.717) is 35.4 Å². The molecule has 0 spiro atoms. The zero-order valence-electron chi connectivity index (χ0n) is 16.8. The third kappa shape index (κ3) is 5.05. The summed E-state index contributed by atoms with van der Waals surface area (Å²) in [6.07, 6.45) is 7.52. The van der Waals surface area contributed by atoms with Crippen molar-refractivity contribution in [2.24, 2.45) is 0 Å². The fourth-order valence-electron chi connectivity index (χ4n) is 2.40. The summed E-state index contributed by atoms with van der Waals surface area (Å²) in [5.74, 6) is 1.23. The molecule has 3 rings (SSSR count). The predicted octanol–water partition coefficient (Wildman–Crippen LogP) is 3.16. The van der Waals surface area contributed by atoms with Crippen molar-refractivity contribution in [2.75, 3.05) is 6.61 Å². The molecule has 0 radical (unpaired) electrons. The van der Waals surface area contributed by atoms with Crippen LogP contribution in [-0.2, 0) is 0 Å².